The number of rotatable bonds is 0. The third-order valence-corrected chi connectivity index (χ3v) is 0. The van der Waals surface area contributed by atoms with Gasteiger partial charge in [0, 0.05) is 0 Å². The van der Waals surface area contributed by atoms with E-state index in [-0.39, 0.29) is 148 Å². The topological polar surface area (TPSA) is 201 Å². The van der Waals surface area contributed by atoms with Crippen molar-refractivity contribution in [3.8, 4) is 0 Å². The normalized spacial score (nSPS) is 4.83. The Bertz CT molecular complexity index is 100. The molecular weight excluding hydrogens is 263 g/mol. The van der Waals surface area contributed by atoms with Gasteiger partial charge in [0.05, 0.1) is 0 Å². The smallest absolute Gasteiger partial charge is 0.316 e. The van der Waals surface area contributed by atoms with E-state index in [1.165, 1.54) is 0 Å². The Kier molecular flexibility index (Phi) is 139. The molecule has 10 N–H and O–H groups in total. The summed E-state index contributed by atoms with van der Waals surface area (Å²) < 4.78 is 31.6. The van der Waals surface area contributed by atoms with Crippen molar-refractivity contribution in [2.24, 2.45) is 0 Å². The maximum atomic E-state index is 8.74. The van der Waals surface area contributed by atoms with Gasteiger partial charge in [-0.2, -0.15) is 8.42 Å². The van der Waals surface area contributed by atoms with Gasteiger partial charge in [-0.25, -0.2) is 0 Å². The van der Waals surface area contributed by atoms with Gasteiger partial charge < -0.3 is 21.9 Å². The first-order valence-electron chi connectivity index (χ1n) is 0.698. The zero-order valence-corrected chi connectivity index (χ0v) is 4.94. The van der Waals surface area contributed by atoms with Crippen molar-refractivity contribution in [1.82, 2.24) is 0 Å². The summed E-state index contributed by atoms with van der Waals surface area (Å²) in [5.74, 6) is 0. The van der Waals surface area contributed by atoms with Gasteiger partial charge in [0.2, 0.25) is 0 Å². The predicted molar refractivity (Wildman–Crippen MR) is 51.5 cm³/mol. The Balaban J connectivity index is -0.00000000381. The summed E-state index contributed by atoms with van der Waals surface area (Å²) in [4.78, 5) is 0. The van der Waals surface area contributed by atoms with Gasteiger partial charge in [0.1, 0.15) is 0 Å². The average molecular weight is 277 g/mol. The Morgan fingerprint density at radius 2 is 0.750 bits per heavy atom. The summed E-state index contributed by atoms with van der Waals surface area (Å²) in [5, 5.41) is 0. The molecule has 0 atom stereocenters. The van der Waals surface area contributed by atoms with Gasteiger partial charge in [-0.3, -0.25) is 9.11 Å². The molecule has 0 rings (SSSR count). The summed E-state index contributed by atoms with van der Waals surface area (Å²) >= 11 is 0. The van der Waals surface area contributed by atoms with E-state index in [1.54, 1.807) is 0 Å². The molecule has 0 aromatic heterocycles. The van der Waals surface area contributed by atoms with Crippen molar-refractivity contribution in [2.45, 2.75) is 0 Å². The van der Waals surface area contributed by atoms with Crippen LogP contribution in [0.5, 0.6) is 0 Å². The number of hydrogen-bond donors (Lipinski definition) is 2. The molecule has 0 unspecified atom stereocenters. The third-order valence-electron chi connectivity index (χ3n) is 0. The maximum absolute atomic E-state index is 8.74. The molecule has 0 heterocycles. The molecule has 12 heavy (non-hydrogen) atoms. The maximum Gasteiger partial charge on any atom is 0.316 e. The Labute approximate surface area is 171 Å². The number of hydrogen-bond acceptors (Lipinski definition) is 2. The van der Waals surface area contributed by atoms with Gasteiger partial charge in [0.25, 0.3) is 0 Å². The summed E-state index contributed by atoms with van der Waals surface area (Å²) in [6, 6.07) is 0. The molecule has 0 aliphatic rings. The Morgan fingerprint density at radius 3 is 0.750 bits per heavy atom. The second kappa shape index (κ2) is 29.3. The van der Waals surface area contributed by atoms with Crippen molar-refractivity contribution in [2.75, 3.05) is 0 Å². The van der Waals surface area contributed by atoms with E-state index in [0.717, 1.165) is 0 Å². The van der Waals surface area contributed by atoms with Crippen LogP contribution >= 0.6 is 0 Å². The van der Waals surface area contributed by atoms with Gasteiger partial charge in [-0.15, -0.1) is 0 Å². The van der Waals surface area contributed by atoms with Crippen LogP contribution < -0.4 is 0 Å². The van der Waals surface area contributed by atoms with Crippen LogP contribution in [0.3, 0.4) is 0 Å². The van der Waals surface area contributed by atoms with Crippen molar-refractivity contribution in [1.29, 1.82) is 0 Å². The summed E-state index contributed by atoms with van der Waals surface area (Å²) in [5.41, 5.74) is 0. The molecule has 0 aliphatic carbocycles. The fourth-order valence-electron chi connectivity index (χ4n) is 0. The molecule has 0 spiro atoms. The zero-order valence-electron chi connectivity index (χ0n) is 4.12. The molecule has 0 radical (unpaired) electrons. The molecule has 12 heteroatoms. The Hall–Kier alpha value is 3.75. The van der Waals surface area contributed by atoms with E-state index in [4.69, 9.17) is 17.5 Å². The third kappa shape index (κ3) is 159. The van der Waals surface area contributed by atoms with Crippen LogP contribution in [0, 0.1) is 0 Å². The molecule has 0 aromatic rings. The van der Waals surface area contributed by atoms with E-state index < -0.39 is 10.4 Å². The van der Waals surface area contributed by atoms with E-state index in [1.807, 2.05) is 0 Å². The molecule has 0 fully saturated rings. The monoisotopic (exact) mass is 276 g/mol. The van der Waals surface area contributed by atoms with E-state index in [9.17, 15) is 0 Å². The van der Waals surface area contributed by atoms with Crippen LogP contribution in [0.25, 0.3) is 0 Å². The van der Waals surface area contributed by atoms with Gasteiger partial charge in [-0.1, -0.05) is 0 Å². The van der Waals surface area contributed by atoms with Gasteiger partial charge in [0.15, 0.2) is 0 Å². The second-order valence-electron chi connectivity index (χ2n) is 0.448. The van der Waals surface area contributed by atoms with Crippen molar-refractivity contribution in [3.05, 3.63) is 0 Å². The quantitative estimate of drug-likeness (QED) is 0.327. The molecule has 0 aliphatic heterocycles. The van der Waals surface area contributed by atoms with Crippen molar-refractivity contribution >= 4 is 136 Å². The van der Waals surface area contributed by atoms with Crippen molar-refractivity contribution in [3.63, 3.8) is 0 Å². The molecule has 0 bridgehead atoms. The van der Waals surface area contributed by atoms with Crippen LogP contribution in [-0.4, -0.2) is 165 Å². The van der Waals surface area contributed by atoms with Crippen molar-refractivity contribution < 1.29 is 39.4 Å². The minimum atomic E-state index is -4.67. The van der Waals surface area contributed by atoms with Crippen LogP contribution in [0.15, 0.2) is 0 Å². The molecule has 0 saturated heterocycles. The van der Waals surface area contributed by atoms with Crippen LogP contribution in [0.4, 0.5) is 0 Å². The summed E-state index contributed by atoms with van der Waals surface area (Å²) in [6.45, 7) is 0. The minimum Gasteiger partial charge on any atom is 0.316 e. The molecule has 0 saturated carbocycles. The fraction of sp³-hybridized carbons (Fsp3) is 0. The Morgan fingerprint density at radius 1 is 0.750 bits per heavy atom. The molecule has 0 aromatic carbocycles. The first-order valence-corrected chi connectivity index (χ1v) is 2.10. The molecule has 8 nitrogen and oxygen atoms in total. The minimum absolute atomic E-state index is 0. The second-order valence-corrected chi connectivity index (χ2v) is 1.34. The fourth-order valence-corrected chi connectivity index (χ4v) is 0. The summed E-state index contributed by atoms with van der Waals surface area (Å²) in [7, 11) is -4.67. The largest absolute Gasteiger partial charge is 0.316 e. The van der Waals surface area contributed by atoms with Gasteiger partial charge >= 0.3 is 136 Å². The van der Waals surface area contributed by atoms with E-state index in [0.29, 0.717) is 0 Å². The zero-order chi connectivity index (χ0) is 4.50. The van der Waals surface area contributed by atoms with E-state index in [2.05, 4.69) is 0 Å². The average Bonchev–Trinajstić information content (AvgIpc) is 0.722. The van der Waals surface area contributed by atoms with Crippen LogP contribution in [0.2, 0.25) is 0 Å². The first-order chi connectivity index (χ1) is 2.00. The van der Waals surface area contributed by atoms with Crippen LogP contribution in [-0.2, 0) is 10.4 Å². The molecular formula is H14K2MgO8S. The van der Waals surface area contributed by atoms with E-state index >= 15 is 0 Å². The summed E-state index contributed by atoms with van der Waals surface area (Å²) in [6.07, 6.45) is 0. The predicted octanol–water partition coefficient (Wildman–Crippen LogP) is -6.16. The van der Waals surface area contributed by atoms with Crippen LogP contribution in [0.1, 0.15) is 0 Å². The van der Waals surface area contributed by atoms with Gasteiger partial charge in [-0.05, 0) is 0 Å². The first kappa shape index (κ1) is 57.1. The standard InChI is InChI=1S/2K.Mg.H2O4S.4H2O.4H/c;;;1-5(2,3)4;;;;;;;;/h;;;(H2,1,2,3,4);4*1H2;;;;. The molecule has 72 valence electrons. The molecule has 0 amide bonds. The SMILES string of the molecule is O.O.O.O.O=S(=O)(O)O.[KH].[KH].[MgH2].